The lowest BCUT2D eigenvalue weighted by molar-refractivity contribution is -0.0763. The first-order valence-corrected chi connectivity index (χ1v) is 46.8. The van der Waals surface area contributed by atoms with E-state index in [2.05, 4.69) is 54.4 Å². The minimum absolute atomic E-state index is 0.0735. The van der Waals surface area contributed by atoms with E-state index in [1.54, 1.807) is 0 Å². The number of aryl methyl sites for hydroxylation is 3. The van der Waals surface area contributed by atoms with Gasteiger partial charge in [0.15, 0.2) is 57.5 Å². The van der Waals surface area contributed by atoms with Crippen LogP contribution in [0.15, 0.2) is 80.7 Å². The van der Waals surface area contributed by atoms with Crippen LogP contribution in [-0.4, -0.2) is 282 Å². The third-order valence-corrected chi connectivity index (χ3v) is 28.8. The van der Waals surface area contributed by atoms with Gasteiger partial charge in [0.1, 0.15) is 91.9 Å². The number of nitrogens with zero attached hydrogens (tertiary/aromatic N) is 12. The maximum Gasteiger partial charge on any atom is 0.472 e. The zero-order valence-corrected chi connectivity index (χ0v) is 71.5. The van der Waals surface area contributed by atoms with Crippen LogP contribution in [0.2, 0.25) is 0 Å². The number of phosphoric ester groups is 4. The van der Waals surface area contributed by atoms with Gasteiger partial charge < -0.3 is 120 Å². The number of anilines is 3. The van der Waals surface area contributed by atoms with Gasteiger partial charge in [0.05, 0.1) is 64.7 Å². The summed E-state index contributed by atoms with van der Waals surface area (Å²) < 4.78 is 173. The van der Waals surface area contributed by atoms with Crippen molar-refractivity contribution in [3.05, 3.63) is 148 Å². The number of nitrogens with two attached hydrogens (primary N) is 3. The number of nitrogens with one attached hydrogen (secondary N) is 6. The molecule has 25 N–H and O–H groups in total. The number of aromatic amines is 6. The summed E-state index contributed by atoms with van der Waals surface area (Å²) >= 11 is 0. The molecule has 9 aromatic rings. The van der Waals surface area contributed by atoms with Gasteiger partial charge in [-0.15, -0.1) is 0 Å². The smallest absolute Gasteiger partial charge is 0.390 e. The Morgan fingerprint density at radius 1 is 0.423 bits per heavy atom. The lowest BCUT2D eigenvalue weighted by Gasteiger charge is -2.36. The van der Waals surface area contributed by atoms with Crippen molar-refractivity contribution in [1.29, 1.82) is 0 Å². The molecule has 130 heavy (non-hydrogen) atoms. The first kappa shape index (κ1) is 95.4. The van der Waals surface area contributed by atoms with Gasteiger partial charge in [-0.1, -0.05) is 0 Å². The summed E-state index contributed by atoms with van der Waals surface area (Å²) in [5.41, 5.74) is 5.22. The normalized spacial score (nSPS) is 31.3. The van der Waals surface area contributed by atoms with E-state index in [0.29, 0.717) is 15.5 Å². The average molecular weight is 1970 g/mol. The molecule has 9 aromatic heterocycles. The zero-order valence-electron chi connectivity index (χ0n) is 66.1. The number of rotatable bonds is 32. The van der Waals surface area contributed by atoms with Crippen molar-refractivity contribution >= 4 is 97.8 Å². The number of nitrogen functional groups attached to an aromatic ring is 3. The van der Waals surface area contributed by atoms with E-state index in [-0.39, 0.29) is 23.1 Å². The number of hydrogen-bond donors (Lipinski definition) is 22. The minimum Gasteiger partial charge on any atom is -0.390 e. The fourth-order valence-electron chi connectivity index (χ4n) is 15.0. The van der Waals surface area contributed by atoms with Gasteiger partial charge in [-0.25, -0.2) is 47.6 Å². The Bertz CT molecular complexity index is 6820. The van der Waals surface area contributed by atoms with Crippen molar-refractivity contribution in [3.8, 4) is 0 Å². The van der Waals surface area contributed by atoms with Gasteiger partial charge in [-0.05, 0) is 20.8 Å². The van der Waals surface area contributed by atoms with Crippen molar-refractivity contribution in [3.63, 3.8) is 0 Å². The van der Waals surface area contributed by atoms with Gasteiger partial charge in [-0.2, -0.15) is 15.0 Å². The van der Waals surface area contributed by atoms with E-state index < -0.39 is 328 Å². The summed E-state index contributed by atoms with van der Waals surface area (Å²) in [5, 5.41) is 65.1. The number of aliphatic hydroxyl groups is 6. The Labute approximate surface area is 716 Å². The number of imidazole rings is 3. The van der Waals surface area contributed by atoms with Crippen molar-refractivity contribution in [1.82, 2.24) is 87.2 Å². The highest BCUT2D eigenvalue weighted by molar-refractivity contribution is 7.55. The number of ether oxygens (including phenoxy) is 6. The topological polar surface area (TPSA) is 937 Å². The summed E-state index contributed by atoms with van der Waals surface area (Å²) in [7, 11) is -36.0. The van der Waals surface area contributed by atoms with Crippen LogP contribution in [-0.2, 0) is 96.5 Å². The fraction of sp³-hybridized carbons (Fsp3) is 0.550. The van der Waals surface area contributed by atoms with Crippen molar-refractivity contribution < 1.29 is 161 Å². The van der Waals surface area contributed by atoms with Crippen molar-refractivity contribution in [2.75, 3.05) is 56.8 Å². The SMILES string of the molecule is Cc1cn([C@H]2C[C@H](OP(=O)(O)OC[C@H]3O[C@@H](n4cc(C)c(=O)[nH]c4=O)C[C@@H]3O)[C@@H](COP(=O)(O)O[C@H]3[C@@H](O)[C@H](n4cnc5c(=O)[nH]c(N)nc54)O[C@@H]3COP(=O)(O)OC3[C@@H](O)[C@H](n4cnc5c(=O)[nH]c(N)nc54)O[C@@H]3COP(=O)(O)[C@@]3(O)C(COP(=O)(O)[C@]4(O)C[C@H](n5cc(C)c(=O)[nH]c5=O)O[C@@H]4COP(=O)(O)O)O[C@@H](n4cnc5c(=O)[nH]c(N)nc54)[C@@H]3O)O2)c(=O)[nH]c1=O. The molecule has 0 radical (unpaired) electrons. The Morgan fingerprint density at radius 2 is 0.800 bits per heavy atom. The van der Waals surface area contributed by atoms with Crippen molar-refractivity contribution in [2.45, 2.75) is 167 Å². The van der Waals surface area contributed by atoms with E-state index in [1.807, 2.05) is 9.97 Å². The second kappa shape index (κ2) is 35.3. The van der Waals surface area contributed by atoms with E-state index in [4.69, 9.17) is 81.8 Å². The molecule has 15 rings (SSSR count). The van der Waals surface area contributed by atoms with Crippen LogP contribution in [0.25, 0.3) is 33.5 Å². The number of H-pyrrole nitrogens is 6. The maximum absolute atomic E-state index is 15.4. The highest BCUT2D eigenvalue weighted by Gasteiger charge is 2.70. The number of phosphoric acid groups is 4. The number of aromatic nitrogens is 18. The molecule has 0 aromatic carbocycles. The van der Waals surface area contributed by atoms with Crippen LogP contribution in [0.3, 0.4) is 0 Å². The van der Waals surface area contributed by atoms with Crippen LogP contribution in [0.1, 0.15) is 73.3 Å². The zero-order chi connectivity index (χ0) is 94.3. The Balaban J connectivity index is 0.702. The predicted octanol–water partition coefficient (Wildman–Crippen LogP) is -7.90. The lowest BCUT2D eigenvalue weighted by Crippen LogP contribution is -2.50. The third kappa shape index (κ3) is 18.6. The standard InChI is InChI=1S/C60H77N21O43P6/c1-19-7-76(56(92)73-44(19)86)30-4-22(82)24(116-30)10-113-128(104,105)122-23-5-31(77-8-20(2)45(87)74-57(77)93)117-25(23)11-114-129(106,107)124-39-27(119-51(37(39)84)80-17-65-34-42(80)68-54(62)71-48(34)90)13-115-130(108,109)123-38-26(118-50(36(38)83)79-16-64-33-41(79)67-53(61)70-47(33)89)12-110-126(99,100)60(96)29(121-52(40(60)85)81-18-66-35-43(81)69-55(63)72-49(35)91)15-111-125(97,98)59(95)6-32(120-28(59)14-112-127(101,102)103)78-9-21(3)46(88)75-58(78)94/h7-9,16-18,22-32,36-40,50-52,82-85,95-96H,4-6,10-15H2,1-3H3,(H,97,98)(H,99,100)(H,104,105)(H,106,107)(H,108,109)(H,73,86,92)(H,74,87,93)(H,75,88,94)(H2,101,102,103)(H3,61,67,70,89)(H3,62,68,71,90)(H3,63,69,72,91)/t22-,23-,24+,25+,26+,27+,28+,29?,30+,31+,32+,36+,37+,38?,39+,40-,50+,51+,52+,59+,60-/m0/s1. The molecular formula is C60H77N21O43P6. The fourth-order valence-corrected chi connectivity index (χ4v) is 21.2. The molecule has 0 spiro atoms. The molecule has 0 aliphatic carbocycles. The molecule has 710 valence electrons. The number of fused-ring (bicyclic) bond motifs is 3. The largest absolute Gasteiger partial charge is 0.472 e. The molecule has 0 bridgehead atoms. The van der Waals surface area contributed by atoms with Crippen molar-refractivity contribution in [2.24, 2.45) is 0 Å². The van der Waals surface area contributed by atoms with Crippen LogP contribution in [0.4, 0.5) is 17.8 Å². The van der Waals surface area contributed by atoms with Gasteiger partial charge in [0.25, 0.3) is 33.4 Å². The van der Waals surface area contributed by atoms with Gasteiger partial charge in [0, 0.05) is 54.5 Å². The summed E-state index contributed by atoms with van der Waals surface area (Å²) in [4.78, 5) is 229. The number of aliphatic hydroxyl groups excluding tert-OH is 4. The summed E-state index contributed by atoms with van der Waals surface area (Å²) in [6.45, 7) is -4.91. The van der Waals surface area contributed by atoms with Gasteiger partial charge >= 0.3 is 63.6 Å². The van der Waals surface area contributed by atoms with Gasteiger partial charge in [0.2, 0.25) is 23.2 Å². The van der Waals surface area contributed by atoms with Gasteiger partial charge in [-0.3, -0.25) is 127 Å². The molecule has 0 amide bonds. The first-order valence-electron chi connectivity index (χ1n) is 37.6. The number of hydrogen-bond acceptors (Lipinski definition) is 45. The summed E-state index contributed by atoms with van der Waals surface area (Å²) in [5.74, 6) is -1.80. The monoisotopic (exact) mass is 1970 g/mol. The Kier molecular flexibility index (Phi) is 25.9. The Hall–Kier alpha value is -9.25. The van der Waals surface area contributed by atoms with E-state index >= 15 is 4.57 Å². The molecule has 64 nitrogen and oxygen atoms in total. The molecule has 15 heterocycles. The second-order valence-electron chi connectivity index (χ2n) is 30.1. The molecule has 26 atom stereocenters. The predicted molar refractivity (Wildman–Crippen MR) is 419 cm³/mol. The van der Waals surface area contributed by atoms with Crippen LogP contribution in [0, 0.1) is 20.8 Å². The summed E-state index contributed by atoms with van der Waals surface area (Å²) in [6.07, 6.45) is -37.8. The molecule has 6 saturated heterocycles. The maximum atomic E-state index is 15.4. The molecule has 7 unspecified atom stereocenters. The molecule has 70 heteroatoms. The van der Waals surface area contributed by atoms with Crippen LogP contribution < -0.4 is 67.6 Å². The highest BCUT2D eigenvalue weighted by Crippen LogP contribution is 2.67. The van der Waals surface area contributed by atoms with E-state index in [1.165, 1.54) is 20.8 Å². The quantitative estimate of drug-likeness (QED) is 0.0174. The Morgan fingerprint density at radius 3 is 1.25 bits per heavy atom. The van der Waals surface area contributed by atoms with Crippen LogP contribution >= 0.6 is 46.5 Å². The summed E-state index contributed by atoms with van der Waals surface area (Å²) in [6, 6.07) is 0. The molecule has 0 saturated carbocycles. The lowest BCUT2D eigenvalue weighted by atomic mass is 10.1. The minimum atomic E-state index is -6.55. The third-order valence-electron chi connectivity index (χ3n) is 21.5. The molecule has 6 fully saturated rings. The second-order valence-corrected chi connectivity index (χ2v) is 39.6. The highest BCUT2D eigenvalue weighted by atomic mass is 31.2. The molecular weight excluding hydrogens is 1890 g/mol. The average Bonchev–Trinajstić information content (AvgIpc) is 1.73. The van der Waals surface area contributed by atoms with Crippen LogP contribution in [0.5, 0.6) is 0 Å². The molecule has 6 aliphatic rings. The van der Waals surface area contributed by atoms with E-state index in [9.17, 15) is 131 Å². The first-order chi connectivity index (χ1) is 60.7. The molecule has 6 aliphatic heterocycles. The van der Waals surface area contributed by atoms with E-state index in [0.717, 1.165) is 49.5 Å².